The summed E-state index contributed by atoms with van der Waals surface area (Å²) in [6, 6.07) is -0.794. The number of nitrogens with zero attached hydrogens (tertiary/aromatic N) is 2. The number of halogens is 3. The first kappa shape index (κ1) is 23.3. The van der Waals surface area contributed by atoms with Gasteiger partial charge in [0.05, 0.1) is 29.7 Å². The highest BCUT2D eigenvalue weighted by Crippen LogP contribution is 2.31. The lowest BCUT2D eigenvalue weighted by molar-refractivity contribution is 0.0525. The molecule has 3 heterocycles. The number of thiazole rings is 1. The smallest absolute Gasteiger partial charge is 0.348 e. The first-order valence-electron chi connectivity index (χ1n) is 8.94. The van der Waals surface area contributed by atoms with E-state index in [1.54, 1.807) is 6.92 Å². The second-order valence-electron chi connectivity index (χ2n) is 6.70. The fraction of sp³-hybridized carbons (Fsp3) is 0.412. The van der Waals surface area contributed by atoms with Crippen LogP contribution in [0.2, 0.25) is 10.0 Å². The molecule has 14 heteroatoms. The molecular formula is C17H18Cl2FN5O5S. The second kappa shape index (κ2) is 9.39. The van der Waals surface area contributed by atoms with E-state index in [4.69, 9.17) is 23.2 Å². The van der Waals surface area contributed by atoms with Gasteiger partial charge in [0.1, 0.15) is 16.7 Å². The minimum atomic E-state index is -1.48. The number of amides is 2. The van der Waals surface area contributed by atoms with Crippen LogP contribution in [0.15, 0.2) is 0 Å². The van der Waals surface area contributed by atoms with E-state index in [-0.39, 0.29) is 51.0 Å². The van der Waals surface area contributed by atoms with Crippen LogP contribution in [0.1, 0.15) is 42.8 Å². The summed E-state index contributed by atoms with van der Waals surface area (Å²) in [6.07, 6.45) is -1.25. The molecule has 3 rings (SSSR count). The molecule has 0 radical (unpaired) electrons. The topological polar surface area (TPSA) is 137 Å². The van der Waals surface area contributed by atoms with Crippen LogP contribution in [0.4, 0.5) is 9.52 Å². The number of hydroxylamine groups is 1. The largest absolute Gasteiger partial charge is 0.477 e. The van der Waals surface area contributed by atoms with Crippen molar-refractivity contribution in [2.45, 2.75) is 25.6 Å². The number of carbonyl (C=O) groups is 3. The van der Waals surface area contributed by atoms with Crippen molar-refractivity contribution in [2.75, 3.05) is 25.1 Å². The Morgan fingerprint density at radius 2 is 2.03 bits per heavy atom. The number of aromatic carboxylic acids is 1. The maximum absolute atomic E-state index is 14.8. The van der Waals surface area contributed by atoms with Gasteiger partial charge < -0.3 is 20.3 Å². The van der Waals surface area contributed by atoms with Crippen molar-refractivity contribution in [3.63, 3.8) is 0 Å². The van der Waals surface area contributed by atoms with Gasteiger partial charge in [0.25, 0.3) is 11.8 Å². The van der Waals surface area contributed by atoms with Gasteiger partial charge in [0.15, 0.2) is 10.8 Å². The van der Waals surface area contributed by atoms with E-state index in [0.29, 0.717) is 5.69 Å². The van der Waals surface area contributed by atoms with Crippen LogP contribution >= 0.6 is 34.5 Å². The zero-order valence-electron chi connectivity index (χ0n) is 16.3. The van der Waals surface area contributed by atoms with E-state index in [0.717, 1.165) is 11.3 Å². The van der Waals surface area contributed by atoms with E-state index in [9.17, 15) is 23.9 Å². The van der Waals surface area contributed by atoms with Crippen LogP contribution in [0, 0.1) is 6.92 Å². The Balaban J connectivity index is 1.70. The van der Waals surface area contributed by atoms with Crippen LogP contribution in [0.25, 0.3) is 0 Å². The normalized spacial score (nSPS) is 18.7. The molecule has 2 amide bonds. The summed E-state index contributed by atoms with van der Waals surface area (Å²) in [6.45, 7) is 1.78. The number of rotatable bonds is 6. The zero-order chi connectivity index (χ0) is 22.9. The number of aryl methyl sites for hydroxylation is 1. The monoisotopic (exact) mass is 493 g/mol. The van der Waals surface area contributed by atoms with Crippen molar-refractivity contribution in [1.82, 2.24) is 20.8 Å². The Kier molecular flexibility index (Phi) is 7.04. The molecule has 31 heavy (non-hydrogen) atoms. The lowest BCUT2D eigenvalue weighted by atomic mass is 10.0. The minimum absolute atomic E-state index is 0.0543. The van der Waals surface area contributed by atoms with Crippen molar-refractivity contribution in [2.24, 2.45) is 0 Å². The van der Waals surface area contributed by atoms with E-state index < -0.39 is 30.0 Å². The minimum Gasteiger partial charge on any atom is -0.477 e. The maximum atomic E-state index is 14.8. The summed E-state index contributed by atoms with van der Waals surface area (Å²) in [5.74, 6) is -2.74. The van der Waals surface area contributed by atoms with Crippen molar-refractivity contribution in [3.05, 3.63) is 32.0 Å². The quantitative estimate of drug-likeness (QED) is 0.453. The number of carboxylic acids is 1. The summed E-state index contributed by atoms with van der Waals surface area (Å²) >= 11 is 12.8. The van der Waals surface area contributed by atoms with E-state index in [1.807, 2.05) is 5.48 Å². The van der Waals surface area contributed by atoms with Crippen LogP contribution in [0.5, 0.6) is 0 Å². The number of hydrogen-bond acceptors (Lipinski definition) is 7. The Bertz CT molecular complexity index is 1030. The number of piperidine rings is 1. The number of nitrogens with one attached hydrogen (secondary N) is 3. The molecule has 2 aromatic rings. The fourth-order valence-electron chi connectivity index (χ4n) is 3.09. The average Bonchev–Trinajstić information content (AvgIpc) is 3.27. The molecule has 0 saturated carbocycles. The van der Waals surface area contributed by atoms with Crippen LogP contribution in [0.3, 0.4) is 0 Å². The maximum Gasteiger partial charge on any atom is 0.348 e. The lowest BCUT2D eigenvalue weighted by Gasteiger charge is -2.34. The fourth-order valence-corrected chi connectivity index (χ4v) is 4.45. The van der Waals surface area contributed by atoms with E-state index in [2.05, 4.69) is 20.1 Å². The van der Waals surface area contributed by atoms with Crippen molar-refractivity contribution >= 4 is 57.5 Å². The predicted molar refractivity (Wildman–Crippen MR) is 112 cm³/mol. The summed E-state index contributed by atoms with van der Waals surface area (Å²) in [4.78, 5) is 48.4. The first-order chi connectivity index (χ1) is 14.6. The van der Waals surface area contributed by atoms with Crippen molar-refractivity contribution < 1.29 is 28.7 Å². The van der Waals surface area contributed by atoms with Gasteiger partial charge >= 0.3 is 5.97 Å². The average molecular weight is 494 g/mol. The third-order valence-corrected chi connectivity index (χ3v) is 6.68. The molecule has 2 aromatic heterocycles. The van der Waals surface area contributed by atoms with Gasteiger partial charge in [-0.15, -0.1) is 0 Å². The molecule has 0 spiro atoms. The van der Waals surface area contributed by atoms with Gasteiger partial charge in [-0.25, -0.2) is 19.6 Å². The van der Waals surface area contributed by atoms with Gasteiger partial charge in [0, 0.05) is 12.2 Å². The van der Waals surface area contributed by atoms with Crippen molar-refractivity contribution in [1.29, 1.82) is 0 Å². The third-order valence-electron chi connectivity index (χ3n) is 4.63. The van der Waals surface area contributed by atoms with E-state index in [1.165, 1.54) is 12.0 Å². The highest BCUT2D eigenvalue weighted by Gasteiger charge is 2.34. The molecule has 0 bridgehead atoms. The molecular weight excluding hydrogens is 476 g/mol. The Morgan fingerprint density at radius 3 is 2.58 bits per heavy atom. The Morgan fingerprint density at radius 1 is 1.32 bits per heavy atom. The number of alkyl halides is 1. The highest BCUT2D eigenvalue weighted by atomic mass is 35.5. The third kappa shape index (κ3) is 4.76. The molecule has 0 aromatic carbocycles. The number of H-pyrrole nitrogens is 1. The molecule has 1 fully saturated rings. The summed E-state index contributed by atoms with van der Waals surface area (Å²) in [7, 11) is 1.20. The van der Waals surface area contributed by atoms with Gasteiger partial charge in [-0.2, -0.15) is 0 Å². The van der Waals surface area contributed by atoms with Crippen molar-refractivity contribution in [3.8, 4) is 0 Å². The van der Waals surface area contributed by atoms with E-state index >= 15 is 0 Å². The second-order valence-corrected chi connectivity index (χ2v) is 8.43. The Hall–Kier alpha value is -2.41. The molecule has 1 aliphatic heterocycles. The number of carbonyl (C=O) groups excluding carboxylic acids is 2. The predicted octanol–water partition coefficient (Wildman–Crippen LogP) is 2.42. The van der Waals surface area contributed by atoms with Gasteiger partial charge in [0.2, 0.25) is 0 Å². The molecule has 168 valence electrons. The van der Waals surface area contributed by atoms with Gasteiger partial charge in [-0.1, -0.05) is 34.5 Å². The standard InChI is InChI=1S/C17H18Cl2FN5O5S/c1-6-9(18)10(19)11(21-6)14(26)22-8-3-4-25(5-7(8)20)17-23-12(15(27)24-30-2)13(31-17)16(28)29/h7-8,21H,3-5H2,1-2H3,(H,22,26)(H,24,27)(H,28,29)/t7-,8+/m0/s1. The number of carboxylic acid groups (broad SMARTS) is 1. The summed E-state index contributed by atoms with van der Waals surface area (Å²) in [5, 5.41) is 12.4. The molecule has 1 aliphatic rings. The molecule has 4 N–H and O–H groups in total. The zero-order valence-corrected chi connectivity index (χ0v) is 18.6. The summed E-state index contributed by atoms with van der Waals surface area (Å²) in [5.41, 5.74) is 2.27. The highest BCUT2D eigenvalue weighted by molar-refractivity contribution is 7.17. The number of hydrogen-bond donors (Lipinski definition) is 4. The van der Waals surface area contributed by atoms with Gasteiger partial charge in [-0.3, -0.25) is 14.4 Å². The van der Waals surface area contributed by atoms with Crippen LogP contribution in [-0.4, -0.2) is 65.3 Å². The van der Waals surface area contributed by atoms with Gasteiger partial charge in [-0.05, 0) is 13.3 Å². The molecule has 1 saturated heterocycles. The Labute approximate surface area is 189 Å². The lowest BCUT2D eigenvalue weighted by Crippen LogP contribution is -2.52. The number of aromatic amines is 1. The first-order valence-corrected chi connectivity index (χ1v) is 10.5. The SMILES string of the molecule is CONC(=O)c1nc(N2CC[C@@H](NC(=O)c3[nH]c(C)c(Cl)c3Cl)[C@@H](F)C2)sc1C(=O)O. The molecule has 10 nitrogen and oxygen atoms in total. The molecule has 0 unspecified atom stereocenters. The molecule has 0 aliphatic carbocycles. The number of anilines is 1. The van der Waals surface area contributed by atoms with Crippen LogP contribution in [-0.2, 0) is 4.84 Å². The van der Waals surface area contributed by atoms with Crippen LogP contribution < -0.4 is 15.7 Å². The number of aromatic nitrogens is 2. The summed E-state index contributed by atoms with van der Waals surface area (Å²) < 4.78 is 14.8. The molecule has 2 atom stereocenters.